The predicted molar refractivity (Wildman–Crippen MR) is 136 cm³/mol. The van der Waals surface area contributed by atoms with Crippen LogP contribution < -0.4 is 20.1 Å². The molecule has 0 radical (unpaired) electrons. The molecular weight excluding hydrogens is 491 g/mol. The summed E-state index contributed by atoms with van der Waals surface area (Å²) in [7, 11) is 2.82. The van der Waals surface area contributed by atoms with Crippen LogP contribution in [0.2, 0.25) is 5.02 Å². The SMILES string of the molecule is COC(=O)C1=C(c2ccc(Cl)cc2)NC(=S)N[C@@H]1c1ccc(OCc2ccccc2F)c(OC)c1. The molecule has 0 fully saturated rings. The fourth-order valence-electron chi connectivity index (χ4n) is 3.74. The Morgan fingerprint density at radius 3 is 2.49 bits per heavy atom. The van der Waals surface area contributed by atoms with Gasteiger partial charge in [0.2, 0.25) is 0 Å². The lowest BCUT2D eigenvalue weighted by atomic mass is 9.92. The third-order valence-corrected chi connectivity index (χ3v) is 5.94. The molecule has 6 nitrogen and oxygen atoms in total. The van der Waals surface area contributed by atoms with Gasteiger partial charge in [0.1, 0.15) is 12.4 Å². The van der Waals surface area contributed by atoms with Crippen molar-refractivity contribution in [3.05, 3.63) is 99.8 Å². The van der Waals surface area contributed by atoms with E-state index in [4.69, 9.17) is 38.0 Å². The zero-order valence-corrected chi connectivity index (χ0v) is 20.5. The summed E-state index contributed by atoms with van der Waals surface area (Å²) >= 11 is 11.5. The maximum atomic E-state index is 14.0. The number of ether oxygens (including phenoxy) is 3. The van der Waals surface area contributed by atoms with E-state index in [-0.39, 0.29) is 12.4 Å². The third kappa shape index (κ3) is 5.39. The van der Waals surface area contributed by atoms with E-state index in [2.05, 4.69) is 10.6 Å². The van der Waals surface area contributed by atoms with Gasteiger partial charge in [-0.15, -0.1) is 0 Å². The second-order valence-corrected chi connectivity index (χ2v) is 8.45. The average Bonchev–Trinajstić information content (AvgIpc) is 2.87. The van der Waals surface area contributed by atoms with E-state index in [0.717, 1.165) is 5.56 Å². The zero-order chi connectivity index (χ0) is 24.9. The highest BCUT2D eigenvalue weighted by Gasteiger charge is 2.33. The van der Waals surface area contributed by atoms with Crippen molar-refractivity contribution in [1.29, 1.82) is 0 Å². The van der Waals surface area contributed by atoms with Gasteiger partial charge in [0.25, 0.3) is 0 Å². The molecule has 4 rings (SSSR count). The standard InChI is InChI=1S/C26H22ClFN2O4S/c1-32-21-13-16(9-12-20(21)34-14-17-5-3-4-6-19(17)28)24-22(25(31)33-2)23(29-26(35)30-24)15-7-10-18(27)11-8-15/h3-13,24H,14H2,1-2H3,(H2,29,30,35)/t24-/m1/s1. The van der Waals surface area contributed by atoms with Crippen LogP contribution >= 0.6 is 23.8 Å². The molecule has 0 unspecified atom stereocenters. The van der Waals surface area contributed by atoms with Gasteiger partial charge in [-0.05, 0) is 53.7 Å². The highest BCUT2D eigenvalue weighted by Crippen LogP contribution is 2.37. The minimum Gasteiger partial charge on any atom is -0.493 e. The Morgan fingerprint density at radius 2 is 1.80 bits per heavy atom. The van der Waals surface area contributed by atoms with Gasteiger partial charge < -0.3 is 24.8 Å². The van der Waals surface area contributed by atoms with Crippen LogP contribution in [0.1, 0.15) is 22.7 Å². The predicted octanol–water partition coefficient (Wildman–Crippen LogP) is 5.17. The second kappa shape index (κ2) is 10.8. The quantitative estimate of drug-likeness (QED) is 0.334. The fraction of sp³-hybridized carbons (Fsp3) is 0.154. The Labute approximate surface area is 212 Å². The van der Waals surface area contributed by atoms with Gasteiger partial charge in [0.15, 0.2) is 16.6 Å². The summed E-state index contributed by atoms with van der Waals surface area (Å²) < 4.78 is 30.4. The van der Waals surface area contributed by atoms with Crippen LogP contribution in [0.25, 0.3) is 5.70 Å². The van der Waals surface area contributed by atoms with Gasteiger partial charge in [0, 0.05) is 10.6 Å². The molecular formula is C26H22ClFN2O4S. The first kappa shape index (κ1) is 24.5. The Balaban J connectivity index is 1.71. The minimum atomic E-state index is -0.628. The van der Waals surface area contributed by atoms with Gasteiger partial charge in [-0.1, -0.05) is 48.0 Å². The molecule has 3 aromatic rings. The Hall–Kier alpha value is -3.62. The molecule has 0 aromatic heterocycles. The van der Waals surface area contributed by atoms with Crippen LogP contribution in [-0.2, 0) is 16.1 Å². The molecule has 0 bridgehead atoms. The van der Waals surface area contributed by atoms with Gasteiger partial charge >= 0.3 is 5.97 Å². The molecule has 0 saturated carbocycles. The van der Waals surface area contributed by atoms with Crippen molar-refractivity contribution >= 4 is 40.6 Å². The van der Waals surface area contributed by atoms with E-state index in [1.165, 1.54) is 20.3 Å². The Bertz CT molecular complexity index is 1300. The van der Waals surface area contributed by atoms with Gasteiger partial charge in [0.05, 0.1) is 31.5 Å². The first-order chi connectivity index (χ1) is 16.9. The van der Waals surface area contributed by atoms with E-state index >= 15 is 0 Å². The van der Waals surface area contributed by atoms with E-state index in [1.54, 1.807) is 60.7 Å². The van der Waals surface area contributed by atoms with Crippen molar-refractivity contribution < 1.29 is 23.4 Å². The number of hydrogen-bond donors (Lipinski definition) is 2. The summed E-state index contributed by atoms with van der Waals surface area (Å²) in [5, 5.41) is 7.11. The minimum absolute atomic E-state index is 0.0338. The Kier molecular flexibility index (Phi) is 7.53. The highest BCUT2D eigenvalue weighted by molar-refractivity contribution is 7.80. The number of methoxy groups -OCH3 is 2. The summed E-state index contributed by atoms with van der Waals surface area (Å²) in [6, 6.07) is 18.0. The number of hydrogen-bond acceptors (Lipinski definition) is 5. The summed E-state index contributed by atoms with van der Waals surface area (Å²) in [5.41, 5.74) is 2.69. The topological polar surface area (TPSA) is 68.8 Å². The monoisotopic (exact) mass is 512 g/mol. The number of halogens is 2. The van der Waals surface area contributed by atoms with Crippen molar-refractivity contribution in [1.82, 2.24) is 10.6 Å². The van der Waals surface area contributed by atoms with Crippen LogP contribution in [0.5, 0.6) is 11.5 Å². The maximum Gasteiger partial charge on any atom is 0.338 e. The largest absolute Gasteiger partial charge is 0.493 e. The smallest absolute Gasteiger partial charge is 0.338 e. The molecule has 180 valence electrons. The van der Waals surface area contributed by atoms with Crippen LogP contribution in [0, 0.1) is 5.82 Å². The molecule has 9 heteroatoms. The van der Waals surface area contributed by atoms with Crippen LogP contribution in [-0.4, -0.2) is 25.3 Å². The van der Waals surface area contributed by atoms with E-state index < -0.39 is 12.0 Å². The lowest BCUT2D eigenvalue weighted by molar-refractivity contribution is -0.136. The van der Waals surface area contributed by atoms with Crippen molar-refractivity contribution in [2.75, 3.05) is 14.2 Å². The lowest BCUT2D eigenvalue weighted by Crippen LogP contribution is -2.45. The maximum absolute atomic E-state index is 14.0. The summed E-state index contributed by atoms with van der Waals surface area (Å²) in [5.74, 6) is -0.0285. The van der Waals surface area contributed by atoms with E-state index in [9.17, 15) is 9.18 Å². The zero-order valence-electron chi connectivity index (χ0n) is 18.9. The molecule has 1 heterocycles. The normalized spacial score (nSPS) is 15.2. The Morgan fingerprint density at radius 1 is 1.06 bits per heavy atom. The number of rotatable bonds is 7. The molecule has 0 amide bonds. The van der Waals surface area contributed by atoms with E-state index in [0.29, 0.717) is 44.0 Å². The molecule has 1 aliphatic rings. The lowest BCUT2D eigenvalue weighted by Gasteiger charge is -2.31. The molecule has 0 spiro atoms. The molecule has 0 saturated heterocycles. The molecule has 35 heavy (non-hydrogen) atoms. The summed E-state index contributed by atoms with van der Waals surface area (Å²) in [4.78, 5) is 12.9. The molecule has 2 N–H and O–H groups in total. The van der Waals surface area contributed by atoms with Crippen molar-refractivity contribution in [2.24, 2.45) is 0 Å². The first-order valence-corrected chi connectivity index (χ1v) is 11.4. The first-order valence-electron chi connectivity index (χ1n) is 10.6. The number of esters is 1. The second-order valence-electron chi connectivity index (χ2n) is 7.61. The van der Waals surface area contributed by atoms with Gasteiger partial charge in [-0.2, -0.15) is 0 Å². The van der Waals surface area contributed by atoms with Crippen LogP contribution in [0.15, 0.2) is 72.3 Å². The molecule has 3 aromatic carbocycles. The number of carbonyl (C=O) groups is 1. The molecule has 0 aliphatic carbocycles. The molecule has 1 aliphatic heterocycles. The number of carbonyl (C=O) groups excluding carboxylic acids is 1. The van der Waals surface area contributed by atoms with Gasteiger partial charge in [-0.25, -0.2) is 9.18 Å². The molecule has 1 atom stereocenters. The summed E-state index contributed by atoms with van der Waals surface area (Å²) in [6.07, 6.45) is 0. The summed E-state index contributed by atoms with van der Waals surface area (Å²) in [6.45, 7) is 0.0338. The number of benzene rings is 3. The van der Waals surface area contributed by atoms with Crippen LogP contribution in [0.3, 0.4) is 0 Å². The highest BCUT2D eigenvalue weighted by atomic mass is 35.5. The number of thiocarbonyl (C=S) groups is 1. The van der Waals surface area contributed by atoms with Crippen LogP contribution in [0.4, 0.5) is 4.39 Å². The van der Waals surface area contributed by atoms with Crippen molar-refractivity contribution in [3.63, 3.8) is 0 Å². The number of nitrogens with one attached hydrogen (secondary N) is 2. The average molecular weight is 513 g/mol. The fourth-order valence-corrected chi connectivity index (χ4v) is 4.09. The third-order valence-electron chi connectivity index (χ3n) is 5.47. The van der Waals surface area contributed by atoms with Crippen molar-refractivity contribution in [2.45, 2.75) is 12.6 Å². The van der Waals surface area contributed by atoms with Crippen molar-refractivity contribution in [3.8, 4) is 11.5 Å². The van der Waals surface area contributed by atoms with E-state index in [1.807, 2.05) is 0 Å². The van der Waals surface area contributed by atoms with Gasteiger partial charge in [-0.3, -0.25) is 0 Å².